The van der Waals surface area contributed by atoms with Gasteiger partial charge in [-0.3, -0.25) is 0 Å². The Kier molecular flexibility index (Phi) is 6.99. The van der Waals surface area contributed by atoms with Gasteiger partial charge in [0.15, 0.2) is 11.5 Å². The van der Waals surface area contributed by atoms with Crippen LogP contribution in [0.25, 0.3) is 0 Å². The zero-order chi connectivity index (χ0) is 15.9. The SMILES string of the molecule is CCCOc1ccc(CC(C)(CN)N(C)C)cc1OCC. The summed E-state index contributed by atoms with van der Waals surface area (Å²) < 4.78 is 11.5. The predicted octanol–water partition coefficient (Wildman–Crippen LogP) is 2.70. The summed E-state index contributed by atoms with van der Waals surface area (Å²) in [4.78, 5) is 2.18. The predicted molar refractivity (Wildman–Crippen MR) is 88.2 cm³/mol. The number of hydrogen-bond donors (Lipinski definition) is 1. The summed E-state index contributed by atoms with van der Waals surface area (Å²) in [5.74, 6) is 1.64. The molecule has 1 rings (SSSR count). The van der Waals surface area contributed by atoms with E-state index in [1.807, 2.05) is 13.0 Å². The molecule has 120 valence electrons. The minimum absolute atomic E-state index is 0.0602. The Bertz CT molecular complexity index is 435. The summed E-state index contributed by atoms with van der Waals surface area (Å²) >= 11 is 0. The lowest BCUT2D eigenvalue weighted by atomic mass is 9.91. The smallest absolute Gasteiger partial charge is 0.161 e. The van der Waals surface area contributed by atoms with Crippen LogP contribution in [0.1, 0.15) is 32.8 Å². The maximum Gasteiger partial charge on any atom is 0.161 e. The van der Waals surface area contributed by atoms with Gasteiger partial charge < -0.3 is 20.1 Å². The van der Waals surface area contributed by atoms with Crippen molar-refractivity contribution in [3.8, 4) is 11.5 Å². The molecular formula is C17H30N2O2. The standard InChI is InChI=1S/C17H30N2O2/c1-6-10-21-15-9-8-14(11-16(15)20-7-2)12-17(3,13-18)19(4)5/h8-9,11H,6-7,10,12-13,18H2,1-5H3. The highest BCUT2D eigenvalue weighted by Gasteiger charge is 2.25. The van der Waals surface area contributed by atoms with Gasteiger partial charge in [-0.2, -0.15) is 0 Å². The van der Waals surface area contributed by atoms with Gasteiger partial charge in [-0.15, -0.1) is 0 Å². The molecule has 0 radical (unpaired) electrons. The van der Waals surface area contributed by atoms with Crippen molar-refractivity contribution < 1.29 is 9.47 Å². The van der Waals surface area contributed by atoms with Crippen LogP contribution in [0.5, 0.6) is 11.5 Å². The summed E-state index contributed by atoms with van der Waals surface area (Å²) in [6, 6.07) is 6.18. The van der Waals surface area contributed by atoms with Crippen molar-refractivity contribution in [3.05, 3.63) is 23.8 Å². The maximum absolute atomic E-state index is 5.95. The Balaban J connectivity index is 2.96. The molecule has 0 aliphatic carbocycles. The van der Waals surface area contributed by atoms with Gasteiger partial charge in [0, 0.05) is 12.1 Å². The molecule has 0 spiro atoms. The number of ether oxygens (including phenoxy) is 2. The van der Waals surface area contributed by atoms with E-state index in [0.29, 0.717) is 19.8 Å². The van der Waals surface area contributed by atoms with Crippen LogP contribution in [0.2, 0.25) is 0 Å². The lowest BCUT2D eigenvalue weighted by Gasteiger charge is -2.35. The van der Waals surface area contributed by atoms with Gasteiger partial charge in [-0.05, 0) is 58.5 Å². The summed E-state index contributed by atoms with van der Waals surface area (Å²) in [6.07, 6.45) is 1.86. The normalized spacial score (nSPS) is 14.0. The van der Waals surface area contributed by atoms with Gasteiger partial charge in [0.1, 0.15) is 0 Å². The summed E-state index contributed by atoms with van der Waals surface area (Å²) in [5.41, 5.74) is 7.10. The molecule has 0 amide bonds. The van der Waals surface area contributed by atoms with E-state index in [1.165, 1.54) is 5.56 Å². The first kappa shape index (κ1) is 17.8. The lowest BCUT2D eigenvalue weighted by molar-refractivity contribution is 0.180. The van der Waals surface area contributed by atoms with Crippen molar-refractivity contribution in [2.75, 3.05) is 33.9 Å². The fourth-order valence-corrected chi connectivity index (χ4v) is 2.11. The molecule has 1 unspecified atom stereocenters. The van der Waals surface area contributed by atoms with Gasteiger partial charge in [-0.25, -0.2) is 0 Å². The van der Waals surface area contributed by atoms with Crippen LogP contribution in [0.3, 0.4) is 0 Å². The van der Waals surface area contributed by atoms with E-state index in [0.717, 1.165) is 24.3 Å². The van der Waals surface area contributed by atoms with Crippen LogP contribution in [0, 0.1) is 0 Å². The Hall–Kier alpha value is -1.26. The minimum atomic E-state index is -0.0602. The minimum Gasteiger partial charge on any atom is -0.490 e. The average molecular weight is 294 g/mol. The second-order valence-electron chi connectivity index (χ2n) is 5.83. The first-order valence-electron chi connectivity index (χ1n) is 7.72. The Morgan fingerprint density at radius 3 is 2.38 bits per heavy atom. The summed E-state index contributed by atoms with van der Waals surface area (Å²) in [6.45, 7) is 8.21. The zero-order valence-electron chi connectivity index (χ0n) is 14.1. The van der Waals surface area contributed by atoms with E-state index in [4.69, 9.17) is 15.2 Å². The third-order valence-electron chi connectivity index (χ3n) is 3.87. The van der Waals surface area contributed by atoms with Crippen LogP contribution >= 0.6 is 0 Å². The number of nitrogens with two attached hydrogens (primary N) is 1. The quantitative estimate of drug-likeness (QED) is 0.761. The summed E-state index contributed by atoms with van der Waals surface area (Å²) in [5, 5.41) is 0. The van der Waals surface area contributed by atoms with Gasteiger partial charge in [0.2, 0.25) is 0 Å². The first-order valence-corrected chi connectivity index (χ1v) is 7.72. The van der Waals surface area contributed by atoms with Crippen molar-refractivity contribution in [1.29, 1.82) is 0 Å². The molecule has 0 saturated heterocycles. The summed E-state index contributed by atoms with van der Waals surface area (Å²) in [7, 11) is 4.13. The van der Waals surface area contributed by atoms with Crippen LogP contribution < -0.4 is 15.2 Å². The molecule has 0 fully saturated rings. The molecule has 4 nitrogen and oxygen atoms in total. The molecule has 0 aliphatic rings. The van der Waals surface area contributed by atoms with Crippen LogP contribution in [-0.2, 0) is 6.42 Å². The van der Waals surface area contributed by atoms with Crippen LogP contribution in [0.4, 0.5) is 0 Å². The Morgan fingerprint density at radius 1 is 1.14 bits per heavy atom. The maximum atomic E-state index is 5.95. The fourth-order valence-electron chi connectivity index (χ4n) is 2.11. The largest absolute Gasteiger partial charge is 0.490 e. The van der Waals surface area contributed by atoms with Crippen molar-refractivity contribution in [3.63, 3.8) is 0 Å². The van der Waals surface area contributed by atoms with E-state index >= 15 is 0 Å². The first-order chi connectivity index (χ1) is 9.96. The molecule has 0 aromatic heterocycles. The highest BCUT2D eigenvalue weighted by atomic mass is 16.5. The molecule has 0 heterocycles. The van der Waals surface area contributed by atoms with Gasteiger partial charge in [0.25, 0.3) is 0 Å². The lowest BCUT2D eigenvalue weighted by Crippen LogP contribution is -2.49. The van der Waals surface area contributed by atoms with Crippen LogP contribution in [0.15, 0.2) is 18.2 Å². The second kappa shape index (κ2) is 8.25. The van der Waals surface area contributed by atoms with Gasteiger partial charge in [-0.1, -0.05) is 13.0 Å². The molecule has 1 aromatic rings. The molecular weight excluding hydrogens is 264 g/mol. The third-order valence-corrected chi connectivity index (χ3v) is 3.87. The fraction of sp³-hybridized carbons (Fsp3) is 0.647. The Morgan fingerprint density at radius 2 is 1.86 bits per heavy atom. The highest BCUT2D eigenvalue weighted by Crippen LogP contribution is 2.30. The van der Waals surface area contributed by atoms with Crippen molar-refractivity contribution >= 4 is 0 Å². The average Bonchev–Trinajstić information content (AvgIpc) is 2.46. The molecule has 4 heteroatoms. The molecule has 0 bridgehead atoms. The topological polar surface area (TPSA) is 47.7 Å². The number of nitrogens with zero attached hydrogens (tertiary/aromatic N) is 1. The number of benzene rings is 1. The van der Waals surface area contributed by atoms with Crippen molar-refractivity contribution in [1.82, 2.24) is 4.90 Å². The van der Waals surface area contributed by atoms with E-state index in [-0.39, 0.29) is 5.54 Å². The molecule has 0 aliphatic heterocycles. The van der Waals surface area contributed by atoms with Gasteiger partial charge >= 0.3 is 0 Å². The van der Waals surface area contributed by atoms with Crippen LogP contribution in [-0.4, -0.2) is 44.3 Å². The highest BCUT2D eigenvalue weighted by molar-refractivity contribution is 5.43. The monoisotopic (exact) mass is 294 g/mol. The number of hydrogen-bond acceptors (Lipinski definition) is 4. The van der Waals surface area contributed by atoms with E-state index < -0.39 is 0 Å². The molecule has 21 heavy (non-hydrogen) atoms. The molecule has 0 saturated carbocycles. The zero-order valence-corrected chi connectivity index (χ0v) is 14.1. The molecule has 2 N–H and O–H groups in total. The number of rotatable bonds is 9. The Labute approximate surface area is 129 Å². The number of likely N-dealkylation sites (N-methyl/N-ethyl adjacent to an activating group) is 1. The van der Waals surface area contributed by atoms with Crippen molar-refractivity contribution in [2.45, 2.75) is 39.2 Å². The molecule has 1 aromatic carbocycles. The van der Waals surface area contributed by atoms with E-state index in [1.54, 1.807) is 0 Å². The van der Waals surface area contributed by atoms with Crippen molar-refractivity contribution in [2.24, 2.45) is 5.73 Å². The third kappa shape index (κ3) is 4.90. The van der Waals surface area contributed by atoms with E-state index in [2.05, 4.69) is 45.0 Å². The van der Waals surface area contributed by atoms with Gasteiger partial charge in [0.05, 0.1) is 13.2 Å². The molecule has 1 atom stereocenters. The second-order valence-corrected chi connectivity index (χ2v) is 5.83. The van der Waals surface area contributed by atoms with E-state index in [9.17, 15) is 0 Å².